The number of benzene rings is 2. The molecule has 2 heterocycles. The predicted molar refractivity (Wildman–Crippen MR) is 69.5 cm³/mol. The van der Waals surface area contributed by atoms with Crippen LogP contribution in [0.1, 0.15) is 17.4 Å². The quantitative estimate of drug-likeness (QED) is 0.578. The summed E-state index contributed by atoms with van der Waals surface area (Å²) in [5.41, 5.74) is 1.94. The molecule has 0 radical (unpaired) electrons. The second-order valence-electron chi connectivity index (χ2n) is 4.91. The number of fused-ring (bicyclic) bond motifs is 6. The van der Waals surface area contributed by atoms with Gasteiger partial charge in [0.2, 0.25) is 0 Å². The minimum atomic E-state index is -0.953. The summed E-state index contributed by atoms with van der Waals surface area (Å²) in [6, 6.07) is 11.9. The number of rotatable bonds is 0. The lowest BCUT2D eigenvalue weighted by atomic mass is 9.93. The number of hydrogen-bond donors (Lipinski definition) is 1. The molecule has 4 rings (SSSR count). The van der Waals surface area contributed by atoms with E-state index in [2.05, 4.69) is 5.32 Å². The van der Waals surface area contributed by atoms with Crippen LogP contribution in [0.4, 0.5) is 0 Å². The average Bonchev–Trinajstić information content (AvgIpc) is 2.56. The Morgan fingerprint density at radius 1 is 1.00 bits per heavy atom. The van der Waals surface area contributed by atoms with E-state index in [9.17, 15) is 9.59 Å². The number of carbonyl (C=O) groups is 2. The van der Waals surface area contributed by atoms with E-state index in [-0.39, 0.29) is 0 Å². The molecule has 2 unspecified atom stereocenters. The van der Waals surface area contributed by atoms with Crippen molar-refractivity contribution in [1.29, 1.82) is 0 Å². The van der Waals surface area contributed by atoms with Crippen molar-refractivity contribution in [3.63, 3.8) is 0 Å². The first kappa shape index (κ1) is 11.4. The summed E-state index contributed by atoms with van der Waals surface area (Å²) in [5, 5.41) is 5.12. The van der Waals surface area contributed by atoms with E-state index >= 15 is 0 Å². The molecule has 1 N–H and O–H groups in total. The van der Waals surface area contributed by atoms with E-state index in [1.165, 1.54) is 0 Å². The van der Waals surface area contributed by atoms with Gasteiger partial charge >= 0.3 is 11.9 Å². The highest BCUT2D eigenvalue weighted by Crippen LogP contribution is 2.34. The molecule has 0 aliphatic carbocycles. The van der Waals surface area contributed by atoms with E-state index in [0.717, 1.165) is 21.9 Å². The molecule has 0 aromatic heterocycles. The zero-order valence-corrected chi connectivity index (χ0v) is 10.5. The van der Waals surface area contributed by atoms with Gasteiger partial charge in [-0.15, -0.1) is 0 Å². The van der Waals surface area contributed by atoms with Gasteiger partial charge in [0.05, 0.1) is 0 Å². The molecule has 0 amide bonds. The van der Waals surface area contributed by atoms with Gasteiger partial charge in [0.1, 0.15) is 0 Å². The minimum absolute atomic E-state index is 0.521. The average molecular weight is 269 g/mol. The fourth-order valence-electron chi connectivity index (χ4n) is 2.84. The highest BCUT2D eigenvalue weighted by atomic mass is 16.6. The fraction of sp³-hybridized carbons (Fsp3) is 0.200. The maximum absolute atomic E-state index is 11.6. The van der Waals surface area contributed by atoms with Crippen LogP contribution in [-0.4, -0.2) is 18.2 Å². The highest BCUT2D eigenvalue weighted by Gasteiger charge is 2.38. The van der Waals surface area contributed by atoms with Crippen LogP contribution in [0.15, 0.2) is 36.4 Å². The Labute approximate surface area is 114 Å². The Morgan fingerprint density at radius 3 is 2.70 bits per heavy atom. The second kappa shape index (κ2) is 4.05. The van der Waals surface area contributed by atoms with Crippen LogP contribution in [0.5, 0.6) is 0 Å². The smallest absolute Gasteiger partial charge is 0.419 e. The van der Waals surface area contributed by atoms with Crippen LogP contribution < -0.4 is 5.32 Å². The number of hydrogen-bond acceptors (Lipinski definition) is 5. The predicted octanol–water partition coefficient (Wildman–Crippen LogP) is 1.41. The first-order valence-electron chi connectivity index (χ1n) is 6.40. The van der Waals surface area contributed by atoms with E-state index < -0.39 is 24.4 Å². The van der Waals surface area contributed by atoms with Crippen LogP contribution in [0.3, 0.4) is 0 Å². The van der Waals surface area contributed by atoms with Crippen molar-refractivity contribution in [3.05, 3.63) is 47.5 Å². The molecule has 2 aliphatic rings. The Hall–Kier alpha value is -2.40. The van der Waals surface area contributed by atoms with Gasteiger partial charge in [0.25, 0.3) is 0 Å². The van der Waals surface area contributed by atoms with Crippen LogP contribution >= 0.6 is 0 Å². The van der Waals surface area contributed by atoms with Crippen LogP contribution in [0.2, 0.25) is 0 Å². The molecular weight excluding hydrogens is 258 g/mol. The molecule has 5 nitrogen and oxygen atoms in total. The summed E-state index contributed by atoms with van der Waals surface area (Å²) < 4.78 is 10.2. The van der Waals surface area contributed by atoms with Crippen molar-refractivity contribution in [2.24, 2.45) is 0 Å². The summed E-state index contributed by atoms with van der Waals surface area (Å²) >= 11 is 0. The maximum atomic E-state index is 11.6. The lowest BCUT2D eigenvalue weighted by molar-refractivity contribution is -0.167. The van der Waals surface area contributed by atoms with Gasteiger partial charge in [-0.2, -0.15) is 0 Å². The molecule has 2 bridgehead atoms. The third-order valence-electron chi connectivity index (χ3n) is 3.71. The monoisotopic (exact) mass is 269 g/mol. The van der Waals surface area contributed by atoms with E-state index in [1.807, 2.05) is 36.4 Å². The van der Waals surface area contributed by atoms with Crippen molar-refractivity contribution < 1.29 is 19.1 Å². The number of ether oxygens (including phenoxy) is 2. The molecule has 2 aromatic carbocycles. The van der Waals surface area contributed by atoms with Gasteiger partial charge in [0.15, 0.2) is 12.5 Å². The first-order chi connectivity index (χ1) is 9.72. The van der Waals surface area contributed by atoms with Gasteiger partial charge in [-0.05, 0) is 16.3 Å². The topological polar surface area (TPSA) is 64.6 Å². The molecule has 5 heteroatoms. The van der Waals surface area contributed by atoms with Gasteiger partial charge in [-0.3, -0.25) is 0 Å². The molecule has 2 atom stereocenters. The molecule has 20 heavy (non-hydrogen) atoms. The molecule has 2 aliphatic heterocycles. The minimum Gasteiger partial charge on any atom is -0.438 e. The summed E-state index contributed by atoms with van der Waals surface area (Å²) in [4.78, 5) is 23.0. The van der Waals surface area contributed by atoms with Crippen molar-refractivity contribution in [3.8, 4) is 0 Å². The van der Waals surface area contributed by atoms with Crippen molar-refractivity contribution in [1.82, 2.24) is 5.32 Å². The SMILES string of the molecule is O=C1OC2Cc3ccc4ccccc4c3C(N2)OC1=O. The first-order valence-corrected chi connectivity index (χ1v) is 6.40. The summed E-state index contributed by atoms with van der Waals surface area (Å²) in [5.74, 6) is -1.90. The standard InChI is InChI=1S/C15H11NO4/c17-14-15(18)20-13-12-9(7-11(16-13)19-14)6-5-8-3-1-2-4-10(8)12/h1-6,11,13,16H,7H2. The highest BCUT2D eigenvalue weighted by molar-refractivity contribution is 6.29. The zero-order chi connectivity index (χ0) is 13.7. The largest absolute Gasteiger partial charge is 0.438 e. The lowest BCUT2D eigenvalue weighted by Crippen LogP contribution is -2.40. The molecule has 1 saturated heterocycles. The fourth-order valence-corrected chi connectivity index (χ4v) is 2.84. The van der Waals surface area contributed by atoms with Crippen molar-refractivity contribution in [2.45, 2.75) is 18.9 Å². The van der Waals surface area contributed by atoms with Crippen LogP contribution in [0, 0.1) is 0 Å². The van der Waals surface area contributed by atoms with Crippen molar-refractivity contribution in [2.75, 3.05) is 0 Å². The third-order valence-corrected chi connectivity index (χ3v) is 3.71. The number of esters is 2. The summed E-state index contributed by atoms with van der Waals surface area (Å²) in [6.07, 6.45) is -0.639. The molecule has 2 aromatic rings. The van der Waals surface area contributed by atoms with Gasteiger partial charge in [-0.1, -0.05) is 36.4 Å². The second-order valence-corrected chi connectivity index (χ2v) is 4.91. The normalized spacial score (nSPS) is 24.6. The summed E-state index contributed by atoms with van der Waals surface area (Å²) in [6.45, 7) is 0. The number of carbonyl (C=O) groups excluding carboxylic acids is 2. The number of nitrogens with one attached hydrogen (secondary N) is 1. The Morgan fingerprint density at radius 2 is 1.80 bits per heavy atom. The Kier molecular flexibility index (Phi) is 2.31. The van der Waals surface area contributed by atoms with E-state index in [4.69, 9.17) is 9.47 Å². The summed E-state index contributed by atoms with van der Waals surface area (Å²) in [7, 11) is 0. The van der Waals surface area contributed by atoms with Crippen LogP contribution in [0.25, 0.3) is 10.8 Å². The molecule has 1 fully saturated rings. The third kappa shape index (κ3) is 1.60. The van der Waals surface area contributed by atoms with E-state index in [0.29, 0.717) is 6.42 Å². The van der Waals surface area contributed by atoms with Gasteiger partial charge < -0.3 is 9.47 Å². The molecular formula is C15H11NO4. The van der Waals surface area contributed by atoms with Gasteiger partial charge in [0, 0.05) is 12.0 Å². The maximum Gasteiger partial charge on any atom is 0.419 e. The van der Waals surface area contributed by atoms with Crippen molar-refractivity contribution >= 4 is 22.7 Å². The van der Waals surface area contributed by atoms with Gasteiger partial charge in [-0.25, -0.2) is 14.9 Å². The molecule has 0 spiro atoms. The molecule has 0 saturated carbocycles. The molecule has 100 valence electrons. The Bertz CT molecular complexity index is 740. The zero-order valence-electron chi connectivity index (χ0n) is 10.5. The van der Waals surface area contributed by atoms with Crippen LogP contribution in [-0.2, 0) is 25.5 Å². The Balaban J connectivity index is 1.93. The lowest BCUT2D eigenvalue weighted by Gasteiger charge is -2.29. The van der Waals surface area contributed by atoms with E-state index in [1.54, 1.807) is 0 Å².